The number of hydrogen-bond donors (Lipinski definition) is 1. The molecule has 0 radical (unpaired) electrons. The van der Waals surface area contributed by atoms with Crippen LogP contribution in [0.15, 0.2) is 48.5 Å². The van der Waals surface area contributed by atoms with Crippen molar-refractivity contribution in [2.24, 2.45) is 0 Å². The first-order chi connectivity index (χ1) is 12.0. The Bertz CT molecular complexity index is 758. The number of hydrogen-bond acceptors (Lipinski definition) is 3. The minimum Gasteiger partial charge on any atom is -0.478 e. The number of ether oxygens (including phenoxy) is 1. The van der Waals surface area contributed by atoms with Crippen LogP contribution in [0.3, 0.4) is 0 Å². The fraction of sp³-hybridized carbons (Fsp3) is 0.263. The molecule has 0 aliphatic carbocycles. The van der Waals surface area contributed by atoms with Crippen molar-refractivity contribution in [3.63, 3.8) is 0 Å². The van der Waals surface area contributed by atoms with Gasteiger partial charge in [-0.15, -0.1) is 0 Å². The predicted octanol–water partition coefficient (Wildman–Crippen LogP) is 3.18. The molecule has 0 spiro atoms. The summed E-state index contributed by atoms with van der Waals surface area (Å²) in [5.74, 6) is -0.970. The van der Waals surface area contributed by atoms with Crippen LogP contribution in [0.1, 0.15) is 27.6 Å². The molecule has 1 saturated heterocycles. The van der Waals surface area contributed by atoms with E-state index in [-0.39, 0.29) is 24.0 Å². The van der Waals surface area contributed by atoms with Crippen LogP contribution in [-0.2, 0) is 16.0 Å². The molecule has 2 aromatic rings. The molecule has 3 rings (SSSR count). The average molecular weight is 360 g/mol. The van der Waals surface area contributed by atoms with Crippen LogP contribution < -0.4 is 0 Å². The van der Waals surface area contributed by atoms with Crippen molar-refractivity contribution >= 4 is 23.5 Å². The van der Waals surface area contributed by atoms with Gasteiger partial charge in [-0.05, 0) is 35.4 Å². The summed E-state index contributed by atoms with van der Waals surface area (Å²) < 4.78 is 5.77. The standard InChI is InChI=1S/C19H18ClNO4/c20-16-7-5-14(6-8-16)17-12-21(9-10-25-17)18(22)11-13-1-3-15(4-2-13)19(23)24/h1-8,17H,9-12H2,(H,23,24). The normalized spacial score (nSPS) is 17.3. The van der Waals surface area contributed by atoms with E-state index in [1.165, 1.54) is 12.1 Å². The largest absolute Gasteiger partial charge is 0.478 e. The summed E-state index contributed by atoms with van der Waals surface area (Å²) in [6, 6.07) is 13.8. The van der Waals surface area contributed by atoms with E-state index in [1.54, 1.807) is 17.0 Å². The summed E-state index contributed by atoms with van der Waals surface area (Å²) in [6.07, 6.45) is 0.0807. The summed E-state index contributed by atoms with van der Waals surface area (Å²) in [5, 5.41) is 9.58. The van der Waals surface area contributed by atoms with Gasteiger partial charge in [-0.2, -0.15) is 0 Å². The molecule has 2 aromatic carbocycles. The Balaban J connectivity index is 1.63. The van der Waals surface area contributed by atoms with Crippen molar-refractivity contribution in [3.8, 4) is 0 Å². The lowest BCUT2D eigenvalue weighted by atomic mass is 10.1. The van der Waals surface area contributed by atoms with E-state index < -0.39 is 5.97 Å². The second-order valence-electron chi connectivity index (χ2n) is 5.93. The van der Waals surface area contributed by atoms with Crippen LogP contribution >= 0.6 is 11.6 Å². The number of aromatic carboxylic acids is 1. The molecule has 1 atom stereocenters. The molecule has 1 aliphatic heterocycles. The predicted molar refractivity (Wildman–Crippen MR) is 93.8 cm³/mol. The number of amides is 1. The van der Waals surface area contributed by atoms with Gasteiger partial charge in [0, 0.05) is 11.6 Å². The molecule has 0 bridgehead atoms. The lowest BCUT2D eigenvalue weighted by Gasteiger charge is -2.33. The maximum absolute atomic E-state index is 12.6. The van der Waals surface area contributed by atoms with Crippen molar-refractivity contribution in [3.05, 3.63) is 70.2 Å². The molecule has 5 nitrogen and oxygen atoms in total. The Morgan fingerprint density at radius 3 is 2.44 bits per heavy atom. The molecule has 1 heterocycles. The SMILES string of the molecule is O=C(O)c1ccc(CC(=O)N2CCOC(c3ccc(Cl)cc3)C2)cc1. The summed E-state index contributed by atoms with van der Waals surface area (Å²) in [4.78, 5) is 25.2. The Kier molecular flexibility index (Phi) is 5.36. The number of carbonyl (C=O) groups excluding carboxylic acids is 1. The molecule has 1 unspecified atom stereocenters. The topological polar surface area (TPSA) is 66.8 Å². The van der Waals surface area contributed by atoms with Crippen molar-refractivity contribution in [2.75, 3.05) is 19.7 Å². The molecule has 6 heteroatoms. The fourth-order valence-corrected chi connectivity index (χ4v) is 2.93. The van der Waals surface area contributed by atoms with Gasteiger partial charge in [0.15, 0.2) is 0 Å². The highest BCUT2D eigenvalue weighted by Crippen LogP contribution is 2.24. The van der Waals surface area contributed by atoms with Gasteiger partial charge in [-0.3, -0.25) is 4.79 Å². The average Bonchev–Trinajstić information content (AvgIpc) is 2.63. The lowest BCUT2D eigenvalue weighted by molar-refractivity contribution is -0.138. The van der Waals surface area contributed by atoms with Crippen LogP contribution in [-0.4, -0.2) is 41.6 Å². The third-order valence-electron chi connectivity index (χ3n) is 4.22. The monoisotopic (exact) mass is 359 g/mol. The maximum atomic E-state index is 12.6. The zero-order valence-electron chi connectivity index (χ0n) is 13.5. The first-order valence-electron chi connectivity index (χ1n) is 8.00. The second kappa shape index (κ2) is 7.68. The highest BCUT2D eigenvalue weighted by atomic mass is 35.5. The molecular formula is C19H18ClNO4. The summed E-state index contributed by atoms with van der Waals surface area (Å²) in [7, 11) is 0. The third-order valence-corrected chi connectivity index (χ3v) is 4.47. The zero-order chi connectivity index (χ0) is 17.8. The Morgan fingerprint density at radius 1 is 1.12 bits per heavy atom. The molecule has 1 fully saturated rings. The van der Waals surface area contributed by atoms with Crippen molar-refractivity contribution in [2.45, 2.75) is 12.5 Å². The first-order valence-corrected chi connectivity index (χ1v) is 8.38. The van der Waals surface area contributed by atoms with Gasteiger partial charge in [0.05, 0.1) is 25.1 Å². The van der Waals surface area contributed by atoms with Crippen molar-refractivity contribution in [1.82, 2.24) is 4.90 Å². The lowest BCUT2D eigenvalue weighted by Crippen LogP contribution is -2.42. The number of halogens is 1. The van der Waals surface area contributed by atoms with Gasteiger partial charge < -0.3 is 14.7 Å². The summed E-state index contributed by atoms with van der Waals surface area (Å²) in [6.45, 7) is 1.53. The number of nitrogens with zero attached hydrogens (tertiary/aromatic N) is 1. The van der Waals surface area contributed by atoms with Crippen molar-refractivity contribution < 1.29 is 19.4 Å². The van der Waals surface area contributed by atoms with Crippen LogP contribution in [0.2, 0.25) is 5.02 Å². The minimum absolute atomic E-state index is 0.00494. The number of benzene rings is 2. The van der Waals surface area contributed by atoms with Gasteiger partial charge in [0.1, 0.15) is 6.10 Å². The highest BCUT2D eigenvalue weighted by Gasteiger charge is 2.25. The maximum Gasteiger partial charge on any atom is 0.335 e. The van der Waals surface area contributed by atoms with Gasteiger partial charge in [-0.25, -0.2) is 4.79 Å². The van der Waals surface area contributed by atoms with Crippen LogP contribution in [0.5, 0.6) is 0 Å². The highest BCUT2D eigenvalue weighted by molar-refractivity contribution is 6.30. The number of carboxylic acid groups (broad SMARTS) is 1. The molecular weight excluding hydrogens is 342 g/mol. The van der Waals surface area contributed by atoms with Crippen molar-refractivity contribution in [1.29, 1.82) is 0 Å². The minimum atomic E-state index is -0.975. The number of morpholine rings is 1. The summed E-state index contributed by atoms with van der Waals surface area (Å²) >= 11 is 5.91. The Morgan fingerprint density at radius 2 is 1.80 bits per heavy atom. The smallest absolute Gasteiger partial charge is 0.335 e. The van der Waals surface area contributed by atoms with Gasteiger partial charge in [-0.1, -0.05) is 35.9 Å². The van der Waals surface area contributed by atoms with E-state index in [1.807, 2.05) is 24.3 Å². The second-order valence-corrected chi connectivity index (χ2v) is 6.37. The summed E-state index contributed by atoms with van der Waals surface area (Å²) in [5.41, 5.74) is 2.00. The molecule has 1 amide bonds. The quantitative estimate of drug-likeness (QED) is 0.910. The number of carbonyl (C=O) groups is 2. The number of carboxylic acids is 1. The van der Waals surface area contributed by atoms with E-state index in [0.717, 1.165) is 11.1 Å². The fourth-order valence-electron chi connectivity index (χ4n) is 2.81. The third kappa shape index (κ3) is 4.38. The Hall–Kier alpha value is -2.37. The molecule has 0 aromatic heterocycles. The van der Waals surface area contributed by atoms with E-state index in [0.29, 0.717) is 24.7 Å². The van der Waals surface area contributed by atoms with E-state index in [9.17, 15) is 9.59 Å². The first kappa shape index (κ1) is 17.5. The molecule has 1 N–H and O–H groups in total. The van der Waals surface area contributed by atoms with Gasteiger partial charge in [0.2, 0.25) is 5.91 Å². The Labute approximate surface area is 150 Å². The number of rotatable bonds is 4. The zero-order valence-corrected chi connectivity index (χ0v) is 14.3. The molecule has 1 aliphatic rings. The van der Waals surface area contributed by atoms with E-state index in [4.69, 9.17) is 21.4 Å². The van der Waals surface area contributed by atoms with Crippen LogP contribution in [0.4, 0.5) is 0 Å². The molecule has 25 heavy (non-hydrogen) atoms. The van der Waals surface area contributed by atoms with E-state index in [2.05, 4.69) is 0 Å². The van der Waals surface area contributed by atoms with Crippen LogP contribution in [0.25, 0.3) is 0 Å². The van der Waals surface area contributed by atoms with E-state index >= 15 is 0 Å². The molecule has 130 valence electrons. The molecule has 0 saturated carbocycles. The van der Waals surface area contributed by atoms with Gasteiger partial charge in [0.25, 0.3) is 0 Å². The van der Waals surface area contributed by atoms with Crippen LogP contribution in [0, 0.1) is 0 Å². The van der Waals surface area contributed by atoms with Gasteiger partial charge >= 0.3 is 5.97 Å².